The molecule has 0 spiro atoms. The molecule has 1 saturated heterocycles. The van der Waals surface area contributed by atoms with Gasteiger partial charge in [-0.2, -0.15) is 10.2 Å². The Morgan fingerprint density at radius 1 is 0.971 bits per heavy atom. The van der Waals surface area contributed by atoms with Crippen molar-refractivity contribution in [2.24, 2.45) is 0 Å². The van der Waals surface area contributed by atoms with Crippen molar-refractivity contribution in [3.63, 3.8) is 0 Å². The zero-order valence-corrected chi connectivity index (χ0v) is 19.5. The summed E-state index contributed by atoms with van der Waals surface area (Å²) in [5, 5.41) is 13.2. The van der Waals surface area contributed by atoms with E-state index in [2.05, 4.69) is 31.3 Å². The van der Waals surface area contributed by atoms with Crippen LogP contribution in [0.3, 0.4) is 0 Å². The number of piperidine rings is 1. The number of pyridine rings is 1. The predicted octanol–water partition coefficient (Wildman–Crippen LogP) is 3.97. The standard InChI is InChI=1S/C25H25N5O3S/c1-33-25-24(30-34(31,32)21-5-3-2-4-6-21)15-20(16-27-25)18-7-8-22-19(13-18)14-23(29-28-22)17-9-11-26-12-10-17/h2-8,13-17,26,30H,9-12H2,1H3. The van der Waals surface area contributed by atoms with E-state index in [4.69, 9.17) is 4.74 Å². The highest BCUT2D eigenvalue weighted by Gasteiger charge is 2.19. The zero-order valence-electron chi connectivity index (χ0n) is 18.7. The van der Waals surface area contributed by atoms with Crippen molar-refractivity contribution in [1.82, 2.24) is 20.5 Å². The summed E-state index contributed by atoms with van der Waals surface area (Å²) < 4.78 is 33.7. The maximum atomic E-state index is 12.9. The van der Waals surface area contributed by atoms with Crippen molar-refractivity contribution in [3.05, 3.63) is 72.6 Å². The van der Waals surface area contributed by atoms with Crippen LogP contribution in [0.15, 0.2) is 71.8 Å². The van der Waals surface area contributed by atoms with Gasteiger partial charge in [0, 0.05) is 23.1 Å². The summed E-state index contributed by atoms with van der Waals surface area (Å²) in [5.74, 6) is 0.603. The third-order valence-corrected chi connectivity index (χ3v) is 7.42. The van der Waals surface area contributed by atoms with E-state index in [1.165, 1.54) is 19.2 Å². The molecular weight excluding hydrogens is 450 g/mol. The Bertz CT molecular complexity index is 1420. The first-order valence-electron chi connectivity index (χ1n) is 11.1. The fourth-order valence-electron chi connectivity index (χ4n) is 4.21. The minimum Gasteiger partial charge on any atom is -0.480 e. The summed E-state index contributed by atoms with van der Waals surface area (Å²) in [6.45, 7) is 1.98. The number of hydrogen-bond acceptors (Lipinski definition) is 7. The third kappa shape index (κ3) is 4.57. The molecule has 3 heterocycles. The second-order valence-electron chi connectivity index (χ2n) is 8.27. The van der Waals surface area contributed by atoms with Gasteiger partial charge >= 0.3 is 0 Å². The topological polar surface area (TPSA) is 106 Å². The van der Waals surface area contributed by atoms with Crippen LogP contribution in [-0.2, 0) is 10.0 Å². The van der Waals surface area contributed by atoms with Crippen LogP contribution in [0.5, 0.6) is 5.88 Å². The molecule has 0 radical (unpaired) electrons. The Morgan fingerprint density at radius 2 is 1.76 bits per heavy atom. The molecule has 0 unspecified atom stereocenters. The summed E-state index contributed by atoms with van der Waals surface area (Å²) in [6, 6.07) is 17.9. The molecule has 0 saturated carbocycles. The summed E-state index contributed by atoms with van der Waals surface area (Å²) in [4.78, 5) is 4.50. The number of nitrogens with zero attached hydrogens (tertiary/aromatic N) is 3. The molecule has 9 heteroatoms. The number of rotatable bonds is 6. The van der Waals surface area contributed by atoms with E-state index >= 15 is 0 Å². The average molecular weight is 476 g/mol. The Hall–Kier alpha value is -3.56. The van der Waals surface area contributed by atoms with Crippen molar-refractivity contribution >= 4 is 26.6 Å². The molecule has 2 aromatic heterocycles. The van der Waals surface area contributed by atoms with Crippen LogP contribution in [0, 0.1) is 0 Å². The number of nitrogens with one attached hydrogen (secondary N) is 2. The van der Waals surface area contributed by atoms with Crippen molar-refractivity contribution in [2.45, 2.75) is 23.7 Å². The number of benzene rings is 2. The maximum Gasteiger partial charge on any atom is 0.262 e. The Labute approximate surface area is 198 Å². The van der Waals surface area contributed by atoms with Gasteiger partial charge in [-0.3, -0.25) is 4.72 Å². The number of methoxy groups -OCH3 is 1. The minimum absolute atomic E-state index is 0.164. The van der Waals surface area contributed by atoms with Gasteiger partial charge in [0.1, 0.15) is 5.69 Å². The summed E-state index contributed by atoms with van der Waals surface area (Å²) >= 11 is 0. The first-order chi connectivity index (χ1) is 16.5. The largest absolute Gasteiger partial charge is 0.480 e. The molecule has 0 bridgehead atoms. The molecule has 1 fully saturated rings. The monoisotopic (exact) mass is 475 g/mol. The molecule has 8 nitrogen and oxygen atoms in total. The van der Waals surface area contributed by atoms with E-state index < -0.39 is 10.0 Å². The van der Waals surface area contributed by atoms with Gasteiger partial charge in [0.15, 0.2) is 0 Å². The molecule has 2 N–H and O–H groups in total. The lowest BCUT2D eigenvalue weighted by atomic mass is 9.93. The summed E-state index contributed by atoms with van der Waals surface area (Å²) in [5.41, 5.74) is 3.75. The van der Waals surface area contributed by atoms with Gasteiger partial charge in [-0.25, -0.2) is 13.4 Å². The number of aromatic nitrogens is 3. The highest BCUT2D eigenvalue weighted by Crippen LogP contribution is 2.32. The quantitative estimate of drug-likeness (QED) is 0.435. The van der Waals surface area contributed by atoms with Crippen molar-refractivity contribution in [1.29, 1.82) is 0 Å². The number of anilines is 1. The first-order valence-corrected chi connectivity index (χ1v) is 12.6. The van der Waals surface area contributed by atoms with Gasteiger partial charge in [-0.15, -0.1) is 0 Å². The molecule has 2 aromatic carbocycles. The molecule has 0 aliphatic carbocycles. The molecular formula is C25H25N5O3S. The molecule has 1 aliphatic heterocycles. The highest BCUT2D eigenvalue weighted by molar-refractivity contribution is 7.92. The Kier molecular flexibility index (Phi) is 6.12. The summed E-state index contributed by atoms with van der Waals surface area (Å²) in [7, 11) is -2.33. The smallest absolute Gasteiger partial charge is 0.262 e. The molecule has 0 atom stereocenters. The number of ether oxygens (including phenoxy) is 1. The van der Waals surface area contributed by atoms with Crippen LogP contribution in [0.25, 0.3) is 22.0 Å². The molecule has 4 aromatic rings. The van der Waals surface area contributed by atoms with Gasteiger partial charge in [-0.1, -0.05) is 24.3 Å². The lowest BCUT2D eigenvalue weighted by Gasteiger charge is -2.21. The fourth-order valence-corrected chi connectivity index (χ4v) is 5.28. The van der Waals surface area contributed by atoms with Gasteiger partial charge in [0.25, 0.3) is 10.0 Å². The van der Waals surface area contributed by atoms with Gasteiger partial charge < -0.3 is 10.1 Å². The van der Waals surface area contributed by atoms with E-state index in [1.807, 2.05) is 18.2 Å². The fraction of sp³-hybridized carbons (Fsp3) is 0.240. The van der Waals surface area contributed by atoms with Crippen LogP contribution in [0.4, 0.5) is 5.69 Å². The van der Waals surface area contributed by atoms with Gasteiger partial charge in [0.2, 0.25) is 5.88 Å². The van der Waals surface area contributed by atoms with Crippen LogP contribution in [0.2, 0.25) is 0 Å². The molecule has 0 amide bonds. The van der Waals surface area contributed by atoms with Crippen LogP contribution < -0.4 is 14.8 Å². The molecule has 34 heavy (non-hydrogen) atoms. The van der Waals surface area contributed by atoms with Gasteiger partial charge in [0.05, 0.1) is 23.2 Å². The number of fused-ring (bicyclic) bond motifs is 1. The maximum absolute atomic E-state index is 12.9. The second kappa shape index (κ2) is 9.36. The molecule has 174 valence electrons. The van der Waals surface area contributed by atoms with Crippen LogP contribution >= 0.6 is 0 Å². The first kappa shape index (κ1) is 22.2. The van der Waals surface area contributed by atoms with Crippen molar-refractivity contribution in [2.75, 3.05) is 24.9 Å². The number of sulfonamides is 1. The second-order valence-corrected chi connectivity index (χ2v) is 9.95. The van der Waals surface area contributed by atoms with Crippen molar-refractivity contribution in [3.8, 4) is 17.0 Å². The SMILES string of the molecule is COc1ncc(-c2ccc3nnc(C4CCNCC4)cc3c2)cc1NS(=O)(=O)c1ccccc1. The minimum atomic E-state index is -3.79. The van der Waals surface area contributed by atoms with E-state index in [-0.39, 0.29) is 16.5 Å². The zero-order chi connectivity index (χ0) is 23.5. The van der Waals surface area contributed by atoms with Crippen LogP contribution in [0.1, 0.15) is 24.5 Å². The lowest BCUT2D eigenvalue weighted by molar-refractivity contribution is 0.400. The van der Waals surface area contributed by atoms with E-state index in [9.17, 15) is 8.42 Å². The lowest BCUT2D eigenvalue weighted by Crippen LogP contribution is -2.27. The molecule has 1 aliphatic rings. The van der Waals surface area contributed by atoms with E-state index in [1.54, 1.807) is 30.5 Å². The predicted molar refractivity (Wildman–Crippen MR) is 131 cm³/mol. The van der Waals surface area contributed by atoms with Crippen molar-refractivity contribution < 1.29 is 13.2 Å². The molecule has 5 rings (SSSR count). The Morgan fingerprint density at radius 3 is 2.53 bits per heavy atom. The number of hydrogen-bond donors (Lipinski definition) is 2. The third-order valence-electron chi connectivity index (χ3n) is 6.04. The van der Waals surface area contributed by atoms with E-state index in [0.29, 0.717) is 5.92 Å². The summed E-state index contributed by atoms with van der Waals surface area (Å²) in [6.07, 6.45) is 3.77. The average Bonchev–Trinajstić information content (AvgIpc) is 2.89. The normalized spacial score (nSPS) is 14.7. The van der Waals surface area contributed by atoms with Gasteiger partial charge in [-0.05, 0) is 67.9 Å². The van der Waals surface area contributed by atoms with Crippen LogP contribution in [-0.4, -0.2) is 43.8 Å². The highest BCUT2D eigenvalue weighted by atomic mass is 32.2. The van der Waals surface area contributed by atoms with E-state index in [0.717, 1.165) is 53.7 Å². The Balaban J connectivity index is 1.50.